The second-order valence-corrected chi connectivity index (χ2v) is 13.2. The Morgan fingerprint density at radius 3 is 2.15 bits per heavy atom. The van der Waals surface area contributed by atoms with E-state index >= 15 is 0 Å². The lowest BCUT2D eigenvalue weighted by molar-refractivity contribution is 0.00665. The van der Waals surface area contributed by atoms with Crippen molar-refractivity contribution in [2.45, 2.75) is 31.3 Å². The highest BCUT2D eigenvalue weighted by Crippen LogP contribution is 2.28. The number of halogens is 1. The summed E-state index contributed by atoms with van der Waals surface area (Å²) in [6, 6.07) is 18.9. The predicted octanol–water partition coefficient (Wildman–Crippen LogP) is 5.66. The van der Waals surface area contributed by atoms with E-state index in [9.17, 15) is 18.0 Å². The van der Waals surface area contributed by atoms with E-state index in [0.29, 0.717) is 5.02 Å². The Hall–Kier alpha value is -3.79. The molecule has 1 aliphatic rings. The number of nitrogens with zero attached hydrogens (tertiary/aromatic N) is 3. The third-order valence-electron chi connectivity index (χ3n) is 6.82. The van der Waals surface area contributed by atoms with Gasteiger partial charge in [0, 0.05) is 43.6 Å². The van der Waals surface area contributed by atoms with Crippen LogP contribution in [0, 0.1) is 0 Å². The third-order valence-corrected chi connectivity index (χ3v) is 8.95. The smallest absolute Gasteiger partial charge is 0.339 e. The molecule has 0 radical (unpaired) electrons. The fourth-order valence-electron chi connectivity index (χ4n) is 4.76. The monoisotopic (exact) mass is 591 g/mol. The summed E-state index contributed by atoms with van der Waals surface area (Å²) < 4.78 is 33.9. The largest absolute Gasteiger partial charge is 0.456 e. The van der Waals surface area contributed by atoms with Crippen LogP contribution in [0.15, 0.2) is 84.0 Å². The first kappa shape index (κ1) is 28.7. The van der Waals surface area contributed by atoms with E-state index in [1.807, 2.05) is 12.1 Å². The van der Waals surface area contributed by atoms with Crippen molar-refractivity contribution < 1.29 is 22.7 Å². The lowest BCUT2D eigenvalue weighted by Gasteiger charge is -2.34. The molecule has 1 aromatic heterocycles. The maximum absolute atomic E-state index is 13.7. The molecule has 10 heteroatoms. The molecule has 0 aliphatic carbocycles. The van der Waals surface area contributed by atoms with E-state index in [4.69, 9.17) is 16.3 Å². The topological polar surface area (TPSA) is 96.9 Å². The molecule has 1 fully saturated rings. The maximum atomic E-state index is 13.7. The van der Waals surface area contributed by atoms with Gasteiger partial charge >= 0.3 is 5.97 Å². The zero-order chi connectivity index (χ0) is 29.4. The van der Waals surface area contributed by atoms with Crippen LogP contribution in [0.2, 0.25) is 5.02 Å². The maximum Gasteiger partial charge on any atom is 0.339 e. The van der Waals surface area contributed by atoms with Crippen molar-refractivity contribution in [3.63, 3.8) is 0 Å². The van der Waals surface area contributed by atoms with E-state index in [-0.39, 0.29) is 48.1 Å². The van der Waals surface area contributed by atoms with Gasteiger partial charge in [0.25, 0.3) is 5.91 Å². The lowest BCUT2D eigenvalue weighted by atomic mass is 9.98. The van der Waals surface area contributed by atoms with Gasteiger partial charge in [0.2, 0.25) is 10.0 Å². The van der Waals surface area contributed by atoms with Crippen LogP contribution in [-0.4, -0.2) is 66.3 Å². The third kappa shape index (κ3) is 6.27. The molecule has 3 aromatic carbocycles. The van der Waals surface area contributed by atoms with Crippen LogP contribution in [-0.2, 0) is 14.8 Å². The summed E-state index contributed by atoms with van der Waals surface area (Å²) in [5, 5.41) is 2.20. The van der Waals surface area contributed by atoms with E-state index in [1.165, 1.54) is 4.31 Å². The van der Waals surface area contributed by atoms with E-state index in [2.05, 4.69) is 4.98 Å². The van der Waals surface area contributed by atoms with Crippen molar-refractivity contribution in [2.75, 3.05) is 26.2 Å². The minimum absolute atomic E-state index is 0.129. The zero-order valence-corrected chi connectivity index (χ0v) is 24.6. The van der Waals surface area contributed by atoms with Crippen LogP contribution in [0.4, 0.5) is 0 Å². The van der Waals surface area contributed by atoms with Gasteiger partial charge in [-0.25, -0.2) is 13.2 Å². The van der Waals surface area contributed by atoms with Crippen LogP contribution >= 0.6 is 11.6 Å². The van der Waals surface area contributed by atoms with Crippen LogP contribution in [0.25, 0.3) is 21.9 Å². The van der Waals surface area contributed by atoms with Gasteiger partial charge in [-0.05, 0) is 91.2 Å². The van der Waals surface area contributed by atoms with Gasteiger partial charge in [-0.1, -0.05) is 29.8 Å². The first-order chi connectivity index (χ1) is 19.4. The second-order valence-electron chi connectivity index (χ2n) is 10.8. The molecule has 0 N–H and O–H groups in total. The summed E-state index contributed by atoms with van der Waals surface area (Å²) in [5.74, 6) is -0.956. The molecule has 0 bridgehead atoms. The Morgan fingerprint density at radius 2 is 1.46 bits per heavy atom. The van der Waals surface area contributed by atoms with Crippen molar-refractivity contribution in [1.29, 1.82) is 0 Å². The molecular formula is C31H30ClN3O5S. The molecule has 1 aliphatic heterocycles. The molecule has 1 saturated heterocycles. The number of pyridine rings is 1. The fourth-order valence-corrected chi connectivity index (χ4v) is 6.40. The molecule has 1 amide bonds. The van der Waals surface area contributed by atoms with Crippen LogP contribution < -0.4 is 0 Å². The summed E-state index contributed by atoms with van der Waals surface area (Å²) in [6.07, 6.45) is 3.31. The second kappa shape index (κ2) is 11.2. The predicted molar refractivity (Wildman–Crippen MR) is 158 cm³/mol. The van der Waals surface area contributed by atoms with Gasteiger partial charge in [-0.2, -0.15) is 4.31 Å². The number of ether oxygens (including phenoxy) is 1. The number of esters is 1. The van der Waals surface area contributed by atoms with E-state index < -0.39 is 21.6 Å². The average molecular weight is 592 g/mol. The SMILES string of the molecule is CC(C)(C)OC(=O)c1cc(-c2ccncc2)ccc1C(=O)N1CCN(S(=O)(=O)c2ccc3cc(Cl)ccc3c2)CC1. The van der Waals surface area contributed by atoms with Gasteiger partial charge in [-0.3, -0.25) is 9.78 Å². The standard InChI is InChI=1S/C31H30ClN3O5S/c1-31(2,3)40-30(37)28-20-24(21-10-12-33-13-11-21)6-9-27(28)29(36)34-14-16-35(17-15-34)41(38,39)26-8-5-22-18-25(32)7-4-23(22)19-26/h4-13,18-20H,14-17H2,1-3H3. The van der Waals surface area contributed by atoms with Crippen molar-refractivity contribution in [2.24, 2.45) is 0 Å². The van der Waals surface area contributed by atoms with Gasteiger partial charge in [0.05, 0.1) is 16.0 Å². The molecule has 0 unspecified atom stereocenters. The Bertz CT molecular complexity index is 1730. The van der Waals surface area contributed by atoms with Crippen molar-refractivity contribution in [1.82, 2.24) is 14.2 Å². The van der Waals surface area contributed by atoms with Crippen LogP contribution in [0.5, 0.6) is 0 Å². The Morgan fingerprint density at radius 1 is 0.805 bits per heavy atom. The van der Waals surface area contributed by atoms with Crippen LogP contribution in [0.3, 0.4) is 0 Å². The Balaban J connectivity index is 1.37. The Labute approximate surface area is 244 Å². The van der Waals surface area contributed by atoms with Gasteiger partial charge in [0.1, 0.15) is 5.60 Å². The molecular weight excluding hydrogens is 562 g/mol. The number of carbonyl (C=O) groups excluding carboxylic acids is 2. The van der Waals surface area contributed by atoms with Crippen LogP contribution in [0.1, 0.15) is 41.5 Å². The van der Waals surface area contributed by atoms with Gasteiger partial charge in [0.15, 0.2) is 0 Å². The first-order valence-corrected chi connectivity index (χ1v) is 15.0. The quantitative estimate of drug-likeness (QED) is 0.278. The normalized spacial score (nSPS) is 14.7. The molecule has 2 heterocycles. The number of hydrogen-bond donors (Lipinski definition) is 0. The lowest BCUT2D eigenvalue weighted by Crippen LogP contribution is -2.50. The van der Waals surface area contributed by atoms with Crippen molar-refractivity contribution in [3.8, 4) is 11.1 Å². The van der Waals surface area contributed by atoms with Gasteiger partial charge in [-0.15, -0.1) is 0 Å². The number of amides is 1. The molecule has 212 valence electrons. The minimum atomic E-state index is -3.77. The van der Waals surface area contributed by atoms with E-state index in [0.717, 1.165) is 21.9 Å². The number of hydrogen-bond acceptors (Lipinski definition) is 6. The number of rotatable bonds is 5. The number of carbonyl (C=O) groups is 2. The zero-order valence-electron chi connectivity index (χ0n) is 23.0. The van der Waals surface area contributed by atoms with E-state index in [1.54, 1.807) is 92.7 Å². The summed E-state index contributed by atoms with van der Waals surface area (Å²) in [4.78, 5) is 32.7. The van der Waals surface area contributed by atoms with Crippen molar-refractivity contribution in [3.05, 3.63) is 95.3 Å². The summed E-state index contributed by atoms with van der Waals surface area (Å²) in [7, 11) is -3.77. The average Bonchev–Trinajstić information content (AvgIpc) is 2.95. The molecule has 0 saturated carbocycles. The summed E-state index contributed by atoms with van der Waals surface area (Å²) in [6.45, 7) is 5.92. The number of aromatic nitrogens is 1. The summed E-state index contributed by atoms with van der Waals surface area (Å²) in [5.41, 5.74) is 1.21. The highest BCUT2D eigenvalue weighted by atomic mass is 35.5. The van der Waals surface area contributed by atoms with Crippen molar-refractivity contribution >= 4 is 44.3 Å². The number of fused-ring (bicyclic) bond motifs is 1. The van der Waals surface area contributed by atoms with Gasteiger partial charge < -0.3 is 9.64 Å². The first-order valence-electron chi connectivity index (χ1n) is 13.2. The molecule has 0 atom stereocenters. The number of sulfonamides is 1. The summed E-state index contributed by atoms with van der Waals surface area (Å²) >= 11 is 6.06. The number of benzene rings is 3. The molecule has 41 heavy (non-hydrogen) atoms. The molecule has 4 aromatic rings. The molecule has 5 rings (SSSR count). The Kier molecular flexibility index (Phi) is 7.87. The molecule has 0 spiro atoms. The molecule has 8 nitrogen and oxygen atoms in total. The highest BCUT2D eigenvalue weighted by Gasteiger charge is 2.32. The fraction of sp³-hybridized carbons (Fsp3) is 0.258. The minimum Gasteiger partial charge on any atom is -0.456 e. The highest BCUT2D eigenvalue weighted by molar-refractivity contribution is 7.89. The number of piperazine rings is 1.